The molecule has 0 saturated carbocycles. The fraction of sp³-hybridized carbons (Fsp3) is 0.455. The van der Waals surface area contributed by atoms with Gasteiger partial charge in [-0.15, -0.1) is 0 Å². The fourth-order valence-corrected chi connectivity index (χ4v) is 2.60. The van der Waals surface area contributed by atoms with Gasteiger partial charge < -0.3 is 5.11 Å². The summed E-state index contributed by atoms with van der Waals surface area (Å²) in [7, 11) is -3.23. The molecule has 0 radical (unpaired) electrons. The van der Waals surface area contributed by atoms with Gasteiger partial charge in [-0.2, -0.15) is 0 Å². The molecular formula is C11H16O3S. The second-order valence-corrected chi connectivity index (χ2v) is 6.09. The molecule has 0 saturated heterocycles. The first-order valence-electron chi connectivity index (χ1n) is 4.86. The van der Waals surface area contributed by atoms with Crippen LogP contribution in [-0.4, -0.2) is 25.9 Å². The van der Waals surface area contributed by atoms with Crippen molar-refractivity contribution in [1.82, 2.24) is 0 Å². The summed E-state index contributed by atoms with van der Waals surface area (Å²) in [6.07, 6.45) is 0. The summed E-state index contributed by atoms with van der Waals surface area (Å²) >= 11 is 0. The van der Waals surface area contributed by atoms with E-state index in [0.29, 0.717) is 0 Å². The molecule has 1 atom stereocenters. The fourth-order valence-electron chi connectivity index (χ4n) is 1.43. The predicted molar refractivity (Wildman–Crippen MR) is 60.5 cm³/mol. The number of rotatable bonds is 4. The van der Waals surface area contributed by atoms with Crippen LogP contribution in [0, 0.1) is 6.92 Å². The molecule has 1 rings (SSSR count). The molecule has 15 heavy (non-hydrogen) atoms. The Hall–Kier alpha value is -0.870. The summed E-state index contributed by atoms with van der Waals surface area (Å²) in [6, 6.07) is 7.43. The lowest BCUT2D eigenvalue weighted by molar-refractivity contribution is 0.319. The van der Waals surface area contributed by atoms with E-state index >= 15 is 0 Å². The van der Waals surface area contributed by atoms with Crippen molar-refractivity contribution in [1.29, 1.82) is 0 Å². The molecule has 1 aromatic carbocycles. The lowest BCUT2D eigenvalue weighted by Gasteiger charge is -2.12. The standard InChI is InChI=1S/C11H16O3S/c1-9-4-3-5-11(8-9)10(2)15(13,14)7-6-12/h3-5,8,10,12H,6-7H2,1-2H3/t10-/m0/s1. The minimum atomic E-state index is -3.23. The van der Waals surface area contributed by atoms with E-state index in [1.54, 1.807) is 13.0 Å². The van der Waals surface area contributed by atoms with Gasteiger partial charge in [0.2, 0.25) is 0 Å². The smallest absolute Gasteiger partial charge is 0.159 e. The molecule has 0 aromatic heterocycles. The number of hydrogen-bond acceptors (Lipinski definition) is 3. The van der Waals surface area contributed by atoms with Crippen LogP contribution in [-0.2, 0) is 9.84 Å². The second-order valence-electron chi connectivity index (χ2n) is 3.65. The summed E-state index contributed by atoms with van der Waals surface area (Å²) in [6.45, 7) is 3.26. The van der Waals surface area contributed by atoms with Gasteiger partial charge in [-0.25, -0.2) is 8.42 Å². The zero-order valence-electron chi connectivity index (χ0n) is 8.97. The number of aliphatic hydroxyl groups excluding tert-OH is 1. The Morgan fingerprint density at radius 3 is 2.60 bits per heavy atom. The molecule has 0 heterocycles. The zero-order valence-corrected chi connectivity index (χ0v) is 9.79. The third-order valence-electron chi connectivity index (χ3n) is 2.43. The van der Waals surface area contributed by atoms with Crippen LogP contribution in [0.15, 0.2) is 24.3 Å². The van der Waals surface area contributed by atoms with Gasteiger partial charge in [0.1, 0.15) is 0 Å². The average molecular weight is 228 g/mol. The minimum absolute atomic E-state index is 0.178. The summed E-state index contributed by atoms with van der Waals surface area (Å²) in [5.74, 6) is -0.178. The van der Waals surface area contributed by atoms with Gasteiger partial charge in [0, 0.05) is 0 Å². The Balaban J connectivity index is 2.99. The van der Waals surface area contributed by atoms with Crippen LogP contribution in [0.4, 0.5) is 0 Å². The van der Waals surface area contributed by atoms with Gasteiger partial charge in [-0.1, -0.05) is 29.8 Å². The van der Waals surface area contributed by atoms with Gasteiger partial charge in [-0.05, 0) is 19.4 Å². The number of benzene rings is 1. The molecule has 1 aromatic rings. The maximum atomic E-state index is 11.7. The van der Waals surface area contributed by atoms with E-state index in [4.69, 9.17) is 5.11 Å². The van der Waals surface area contributed by atoms with E-state index < -0.39 is 15.1 Å². The number of aliphatic hydroxyl groups is 1. The Morgan fingerprint density at radius 2 is 2.07 bits per heavy atom. The van der Waals surface area contributed by atoms with E-state index in [0.717, 1.165) is 11.1 Å². The van der Waals surface area contributed by atoms with Crippen molar-refractivity contribution in [2.75, 3.05) is 12.4 Å². The van der Waals surface area contributed by atoms with Crippen molar-refractivity contribution < 1.29 is 13.5 Å². The monoisotopic (exact) mass is 228 g/mol. The molecule has 0 amide bonds. The maximum Gasteiger partial charge on any atom is 0.159 e. The topological polar surface area (TPSA) is 54.4 Å². The number of aryl methyl sites for hydroxylation is 1. The van der Waals surface area contributed by atoms with Crippen molar-refractivity contribution in [2.45, 2.75) is 19.1 Å². The number of hydrogen-bond donors (Lipinski definition) is 1. The molecule has 0 fully saturated rings. The molecule has 0 aliphatic rings. The quantitative estimate of drug-likeness (QED) is 0.849. The molecule has 3 nitrogen and oxygen atoms in total. The third kappa shape index (κ3) is 3.04. The molecule has 0 spiro atoms. The predicted octanol–water partition coefficient (Wildman–Crippen LogP) is 1.46. The van der Waals surface area contributed by atoms with Crippen LogP contribution in [0.5, 0.6) is 0 Å². The van der Waals surface area contributed by atoms with Crippen LogP contribution < -0.4 is 0 Å². The van der Waals surface area contributed by atoms with E-state index in [1.807, 2.05) is 25.1 Å². The zero-order chi connectivity index (χ0) is 11.5. The number of sulfone groups is 1. The van der Waals surface area contributed by atoms with Gasteiger partial charge in [0.05, 0.1) is 17.6 Å². The van der Waals surface area contributed by atoms with Crippen molar-refractivity contribution in [3.05, 3.63) is 35.4 Å². The second kappa shape index (κ2) is 4.77. The molecule has 84 valence electrons. The summed E-state index contributed by atoms with van der Waals surface area (Å²) in [5, 5.41) is 8.12. The highest BCUT2D eigenvalue weighted by Crippen LogP contribution is 2.22. The lowest BCUT2D eigenvalue weighted by Crippen LogP contribution is -2.16. The maximum absolute atomic E-state index is 11.7. The highest BCUT2D eigenvalue weighted by molar-refractivity contribution is 7.91. The van der Waals surface area contributed by atoms with Gasteiger partial charge in [0.25, 0.3) is 0 Å². The lowest BCUT2D eigenvalue weighted by atomic mass is 10.1. The van der Waals surface area contributed by atoms with E-state index in [9.17, 15) is 8.42 Å². The molecule has 0 unspecified atom stereocenters. The molecular weight excluding hydrogens is 212 g/mol. The van der Waals surface area contributed by atoms with Crippen LogP contribution >= 0.6 is 0 Å². The summed E-state index contributed by atoms with van der Waals surface area (Å²) in [5.41, 5.74) is 1.82. The van der Waals surface area contributed by atoms with E-state index in [1.165, 1.54) is 0 Å². The Labute approximate surface area is 90.7 Å². The van der Waals surface area contributed by atoms with Gasteiger partial charge in [-0.3, -0.25) is 0 Å². The third-order valence-corrected chi connectivity index (χ3v) is 4.53. The van der Waals surface area contributed by atoms with Crippen molar-refractivity contribution in [3.63, 3.8) is 0 Å². The normalized spacial score (nSPS) is 13.8. The average Bonchev–Trinajstić information content (AvgIpc) is 2.16. The summed E-state index contributed by atoms with van der Waals surface area (Å²) in [4.78, 5) is 0. The van der Waals surface area contributed by atoms with Crippen molar-refractivity contribution in [3.8, 4) is 0 Å². The largest absolute Gasteiger partial charge is 0.395 e. The highest BCUT2D eigenvalue weighted by Gasteiger charge is 2.21. The molecule has 4 heteroatoms. The SMILES string of the molecule is Cc1cccc([C@H](C)S(=O)(=O)CCO)c1. The minimum Gasteiger partial charge on any atom is -0.395 e. The first-order chi connectivity index (χ1) is 6.97. The van der Waals surface area contributed by atoms with E-state index in [2.05, 4.69) is 0 Å². The molecule has 1 N–H and O–H groups in total. The van der Waals surface area contributed by atoms with Gasteiger partial charge in [0.15, 0.2) is 9.84 Å². The van der Waals surface area contributed by atoms with Crippen LogP contribution in [0.25, 0.3) is 0 Å². The van der Waals surface area contributed by atoms with E-state index in [-0.39, 0.29) is 12.4 Å². The van der Waals surface area contributed by atoms with Crippen LogP contribution in [0.2, 0.25) is 0 Å². The Bertz CT molecular complexity index is 423. The molecule has 0 bridgehead atoms. The van der Waals surface area contributed by atoms with Crippen LogP contribution in [0.1, 0.15) is 23.3 Å². The van der Waals surface area contributed by atoms with Crippen molar-refractivity contribution in [2.24, 2.45) is 0 Å². The first kappa shape index (κ1) is 12.2. The Kier molecular flexibility index (Phi) is 3.88. The highest BCUT2D eigenvalue weighted by atomic mass is 32.2. The summed E-state index contributed by atoms with van der Waals surface area (Å²) < 4.78 is 23.4. The molecule has 0 aliphatic carbocycles. The van der Waals surface area contributed by atoms with Gasteiger partial charge >= 0.3 is 0 Å². The van der Waals surface area contributed by atoms with Crippen molar-refractivity contribution >= 4 is 9.84 Å². The molecule has 0 aliphatic heterocycles. The Morgan fingerprint density at radius 1 is 1.40 bits per heavy atom. The first-order valence-corrected chi connectivity index (χ1v) is 6.58. The van der Waals surface area contributed by atoms with Crippen LogP contribution in [0.3, 0.4) is 0 Å².